The number of nitrogens with zero attached hydrogens (tertiary/aromatic N) is 4. The molecule has 2 heterocycles. The van der Waals surface area contributed by atoms with Crippen molar-refractivity contribution >= 4 is 57.8 Å². The highest BCUT2D eigenvalue weighted by Crippen LogP contribution is 2.32. The van der Waals surface area contributed by atoms with Crippen LogP contribution in [0.1, 0.15) is 16.1 Å². The monoisotopic (exact) mass is 379 g/mol. The number of nitrogens with one attached hydrogen (secondary N) is 1. The lowest BCUT2D eigenvalue weighted by molar-refractivity contribution is 0.0697. The zero-order valence-corrected chi connectivity index (χ0v) is 14.0. The van der Waals surface area contributed by atoms with Gasteiger partial charge in [-0.3, -0.25) is 0 Å². The maximum Gasteiger partial charge on any atom is 0.335 e. The van der Waals surface area contributed by atoms with Crippen LogP contribution in [0.2, 0.25) is 10.0 Å². The van der Waals surface area contributed by atoms with E-state index in [1.165, 1.54) is 18.3 Å². The molecule has 0 atom stereocenters. The zero-order chi connectivity index (χ0) is 18.1. The zero-order valence-electron chi connectivity index (χ0n) is 12.5. The number of anilines is 3. The maximum atomic E-state index is 11.0. The van der Waals surface area contributed by atoms with Gasteiger partial charge in [0.05, 0.1) is 39.7 Å². The van der Waals surface area contributed by atoms with Crippen LogP contribution in [0.3, 0.4) is 0 Å². The van der Waals surface area contributed by atoms with Crippen molar-refractivity contribution in [3.63, 3.8) is 0 Å². The molecule has 9 nitrogen and oxygen atoms in total. The fourth-order valence-corrected chi connectivity index (χ4v) is 2.73. The van der Waals surface area contributed by atoms with Crippen molar-refractivity contribution in [3.8, 4) is 0 Å². The van der Waals surface area contributed by atoms with Crippen molar-refractivity contribution in [1.29, 1.82) is 0 Å². The number of fused-ring (bicyclic) bond motifs is 1. The third-order valence-electron chi connectivity index (χ3n) is 3.24. The van der Waals surface area contributed by atoms with Crippen LogP contribution in [-0.4, -0.2) is 31.0 Å². The Bertz CT molecular complexity index is 973. The predicted molar refractivity (Wildman–Crippen MR) is 94.7 cm³/mol. The molecule has 0 aliphatic carbocycles. The van der Waals surface area contributed by atoms with Gasteiger partial charge in [0.25, 0.3) is 0 Å². The molecule has 1 aromatic carbocycles. The van der Waals surface area contributed by atoms with Crippen LogP contribution in [0.5, 0.6) is 0 Å². The van der Waals surface area contributed by atoms with Gasteiger partial charge in [0, 0.05) is 0 Å². The summed E-state index contributed by atoms with van der Waals surface area (Å²) < 4.78 is 0. The second-order valence-electron chi connectivity index (χ2n) is 4.97. The van der Waals surface area contributed by atoms with E-state index in [4.69, 9.17) is 39.8 Å². The summed E-state index contributed by atoms with van der Waals surface area (Å²) in [6, 6.07) is 2.61. The van der Waals surface area contributed by atoms with Crippen LogP contribution in [-0.2, 0) is 6.54 Å². The number of hydrogen-bond donors (Lipinski definition) is 4. The van der Waals surface area contributed by atoms with E-state index < -0.39 is 5.97 Å². The van der Waals surface area contributed by atoms with Crippen LogP contribution in [0.15, 0.2) is 18.3 Å². The third kappa shape index (κ3) is 3.47. The molecule has 0 bridgehead atoms. The highest BCUT2D eigenvalue weighted by atomic mass is 35.5. The maximum absolute atomic E-state index is 11.0. The highest BCUT2D eigenvalue weighted by molar-refractivity contribution is 6.39. The molecule has 6 N–H and O–H groups in total. The Balaban J connectivity index is 1.87. The van der Waals surface area contributed by atoms with Crippen LogP contribution in [0, 0.1) is 0 Å². The smallest absolute Gasteiger partial charge is 0.335 e. The largest absolute Gasteiger partial charge is 0.478 e. The molecule has 0 aliphatic rings. The first-order chi connectivity index (χ1) is 11.8. The van der Waals surface area contributed by atoms with Crippen molar-refractivity contribution in [2.24, 2.45) is 0 Å². The fourth-order valence-electron chi connectivity index (χ4n) is 2.11. The summed E-state index contributed by atoms with van der Waals surface area (Å²) in [5.74, 6) is -0.980. The number of carboxylic acids is 1. The van der Waals surface area contributed by atoms with E-state index in [0.717, 1.165) is 0 Å². The summed E-state index contributed by atoms with van der Waals surface area (Å²) >= 11 is 12.2. The molecule has 128 valence electrons. The first-order valence-electron chi connectivity index (χ1n) is 6.86. The summed E-state index contributed by atoms with van der Waals surface area (Å²) in [7, 11) is 0. The van der Waals surface area contributed by atoms with Gasteiger partial charge in [-0.25, -0.2) is 14.8 Å². The number of halogens is 2. The summed E-state index contributed by atoms with van der Waals surface area (Å²) in [6.45, 7) is 0.221. The Morgan fingerprint density at radius 3 is 2.48 bits per heavy atom. The fraction of sp³-hybridized carbons (Fsp3) is 0.0714. The second kappa shape index (κ2) is 6.54. The van der Waals surface area contributed by atoms with Gasteiger partial charge in [-0.05, 0) is 12.1 Å². The Labute approximate surface area is 151 Å². The predicted octanol–water partition coefficient (Wildman–Crippen LogP) is 2.20. The van der Waals surface area contributed by atoms with E-state index in [-0.39, 0.29) is 39.6 Å². The molecule has 0 aliphatic heterocycles. The van der Waals surface area contributed by atoms with Crippen molar-refractivity contribution in [2.45, 2.75) is 6.54 Å². The Hall–Kier alpha value is -2.91. The number of nitrogen functional groups attached to an aromatic ring is 2. The first kappa shape index (κ1) is 16.9. The molecule has 0 saturated carbocycles. The van der Waals surface area contributed by atoms with E-state index >= 15 is 0 Å². The topological polar surface area (TPSA) is 153 Å². The number of benzene rings is 1. The molecule has 2 aromatic heterocycles. The minimum Gasteiger partial charge on any atom is -0.478 e. The third-order valence-corrected chi connectivity index (χ3v) is 3.83. The summed E-state index contributed by atoms with van der Waals surface area (Å²) in [5, 5.41) is 12.3. The van der Waals surface area contributed by atoms with E-state index in [9.17, 15) is 4.79 Å². The number of carbonyl (C=O) groups is 1. The molecular formula is C14H11Cl2N7O2. The molecule has 3 rings (SSSR count). The Morgan fingerprint density at radius 2 is 1.84 bits per heavy atom. The van der Waals surface area contributed by atoms with Crippen LogP contribution in [0.4, 0.5) is 17.5 Å². The van der Waals surface area contributed by atoms with Crippen molar-refractivity contribution in [2.75, 3.05) is 16.8 Å². The standard InChI is InChI=1S/C14H11Cl2N7O2/c15-7-1-5(13(24)25)2-8(16)9(7)19-3-6-4-20-12-10(21-6)11(17)22-14(18)23-12/h1-2,4,19H,3H2,(H,24,25)(H4,17,18,20,22,23). The van der Waals surface area contributed by atoms with Gasteiger partial charge in [0.2, 0.25) is 5.95 Å². The summed E-state index contributed by atoms with van der Waals surface area (Å²) in [6.07, 6.45) is 1.49. The van der Waals surface area contributed by atoms with Crippen LogP contribution >= 0.6 is 23.2 Å². The average molecular weight is 380 g/mol. The number of aromatic carboxylic acids is 1. The lowest BCUT2D eigenvalue weighted by Gasteiger charge is -2.11. The number of carboxylic acid groups (broad SMARTS) is 1. The van der Waals surface area contributed by atoms with Gasteiger partial charge in [-0.15, -0.1) is 0 Å². The molecule has 0 amide bonds. The van der Waals surface area contributed by atoms with E-state index in [1.807, 2.05) is 0 Å². The Kier molecular flexibility index (Phi) is 4.43. The lowest BCUT2D eigenvalue weighted by Crippen LogP contribution is -2.07. The van der Waals surface area contributed by atoms with Gasteiger partial charge in [0.15, 0.2) is 17.0 Å². The van der Waals surface area contributed by atoms with Gasteiger partial charge in [0.1, 0.15) is 0 Å². The molecular weight excluding hydrogens is 369 g/mol. The minimum absolute atomic E-state index is 0.00596. The normalized spacial score (nSPS) is 10.8. The SMILES string of the molecule is Nc1nc(N)c2nc(CNc3c(Cl)cc(C(=O)O)cc3Cl)cnc2n1. The van der Waals surface area contributed by atoms with E-state index in [2.05, 4.69) is 25.3 Å². The average Bonchev–Trinajstić information content (AvgIpc) is 2.54. The summed E-state index contributed by atoms with van der Waals surface area (Å²) in [4.78, 5) is 27.2. The molecule has 0 saturated heterocycles. The summed E-state index contributed by atoms with van der Waals surface area (Å²) in [5.41, 5.74) is 12.8. The quantitative estimate of drug-likeness (QED) is 0.533. The van der Waals surface area contributed by atoms with Gasteiger partial charge < -0.3 is 21.9 Å². The van der Waals surface area contributed by atoms with Crippen molar-refractivity contribution < 1.29 is 9.90 Å². The number of rotatable bonds is 4. The van der Waals surface area contributed by atoms with Crippen LogP contribution < -0.4 is 16.8 Å². The molecule has 11 heteroatoms. The molecule has 25 heavy (non-hydrogen) atoms. The van der Waals surface area contributed by atoms with Crippen LogP contribution in [0.25, 0.3) is 11.2 Å². The highest BCUT2D eigenvalue weighted by Gasteiger charge is 2.13. The molecule has 0 fully saturated rings. The lowest BCUT2D eigenvalue weighted by atomic mass is 10.2. The minimum atomic E-state index is -1.12. The number of aromatic nitrogens is 4. The van der Waals surface area contributed by atoms with Gasteiger partial charge >= 0.3 is 5.97 Å². The van der Waals surface area contributed by atoms with Gasteiger partial charge in [-0.2, -0.15) is 9.97 Å². The van der Waals surface area contributed by atoms with E-state index in [1.54, 1.807) is 0 Å². The van der Waals surface area contributed by atoms with Crippen molar-refractivity contribution in [3.05, 3.63) is 39.6 Å². The number of nitrogens with two attached hydrogens (primary N) is 2. The van der Waals surface area contributed by atoms with Gasteiger partial charge in [-0.1, -0.05) is 23.2 Å². The first-order valence-corrected chi connectivity index (χ1v) is 7.61. The molecule has 0 unspecified atom stereocenters. The molecule has 0 radical (unpaired) electrons. The Morgan fingerprint density at radius 1 is 1.16 bits per heavy atom. The number of hydrogen-bond acceptors (Lipinski definition) is 8. The van der Waals surface area contributed by atoms with E-state index in [0.29, 0.717) is 16.9 Å². The second-order valence-corrected chi connectivity index (χ2v) is 5.79. The van der Waals surface area contributed by atoms with Crippen molar-refractivity contribution in [1.82, 2.24) is 19.9 Å². The molecule has 3 aromatic rings. The molecule has 0 spiro atoms.